The molecule has 0 saturated carbocycles. The zero-order valence-electron chi connectivity index (χ0n) is 17.6. The van der Waals surface area contributed by atoms with E-state index < -0.39 is 0 Å². The second kappa shape index (κ2) is 8.31. The molecule has 3 aromatic rings. The normalized spacial score (nSPS) is 20.1. The molecule has 1 aliphatic carbocycles. The van der Waals surface area contributed by atoms with Crippen molar-refractivity contribution in [2.75, 3.05) is 17.2 Å². The highest BCUT2D eigenvalue weighted by Crippen LogP contribution is 2.44. The van der Waals surface area contributed by atoms with E-state index in [4.69, 9.17) is 4.74 Å². The van der Waals surface area contributed by atoms with Gasteiger partial charge in [-0.15, -0.1) is 0 Å². The first kappa shape index (κ1) is 19.4. The van der Waals surface area contributed by atoms with Crippen LogP contribution < -0.4 is 15.4 Å². The Hall–Kier alpha value is -3.53. The number of hydrogen-bond acceptors (Lipinski definition) is 4. The molecule has 4 heteroatoms. The third kappa shape index (κ3) is 3.81. The van der Waals surface area contributed by atoms with E-state index in [1.807, 2.05) is 49.4 Å². The first-order valence-corrected chi connectivity index (χ1v) is 10.9. The van der Waals surface area contributed by atoms with E-state index in [0.717, 1.165) is 40.4 Å². The van der Waals surface area contributed by atoms with Crippen molar-refractivity contribution in [2.45, 2.75) is 31.7 Å². The van der Waals surface area contributed by atoms with Gasteiger partial charge in [-0.1, -0.05) is 54.6 Å². The maximum atomic E-state index is 13.5. The molecule has 2 aliphatic rings. The summed E-state index contributed by atoms with van der Waals surface area (Å²) in [6.07, 6.45) is 1.34. The van der Waals surface area contributed by atoms with Gasteiger partial charge in [0.15, 0.2) is 5.78 Å². The van der Waals surface area contributed by atoms with E-state index in [1.165, 1.54) is 5.56 Å². The van der Waals surface area contributed by atoms with Crippen molar-refractivity contribution >= 4 is 17.2 Å². The summed E-state index contributed by atoms with van der Waals surface area (Å²) in [7, 11) is 0. The molecule has 0 unspecified atom stereocenters. The van der Waals surface area contributed by atoms with Crippen LogP contribution in [-0.2, 0) is 4.79 Å². The molecule has 0 radical (unpaired) electrons. The molecule has 0 spiro atoms. The van der Waals surface area contributed by atoms with Gasteiger partial charge in [0.25, 0.3) is 0 Å². The van der Waals surface area contributed by atoms with Gasteiger partial charge in [0.1, 0.15) is 5.75 Å². The second-order valence-corrected chi connectivity index (χ2v) is 8.08. The van der Waals surface area contributed by atoms with Gasteiger partial charge >= 0.3 is 0 Å². The van der Waals surface area contributed by atoms with E-state index in [1.54, 1.807) is 0 Å². The van der Waals surface area contributed by atoms with Gasteiger partial charge in [0.2, 0.25) is 0 Å². The summed E-state index contributed by atoms with van der Waals surface area (Å²) in [5, 5.41) is 7.22. The Kier molecular flexibility index (Phi) is 5.21. The number of carbonyl (C=O) groups excluding carboxylic acids is 1. The largest absolute Gasteiger partial charge is 0.494 e. The average Bonchev–Trinajstić information content (AvgIpc) is 2.97. The number of hydrogen-bond donors (Lipinski definition) is 2. The Morgan fingerprint density at radius 1 is 0.839 bits per heavy atom. The predicted molar refractivity (Wildman–Crippen MR) is 124 cm³/mol. The van der Waals surface area contributed by atoms with Gasteiger partial charge in [-0.05, 0) is 54.7 Å². The van der Waals surface area contributed by atoms with Crippen molar-refractivity contribution < 1.29 is 9.53 Å². The molecule has 2 N–H and O–H groups in total. The molecule has 0 saturated heterocycles. The summed E-state index contributed by atoms with van der Waals surface area (Å²) >= 11 is 0. The number of fused-ring (bicyclic) bond motifs is 1. The summed E-state index contributed by atoms with van der Waals surface area (Å²) in [6, 6.07) is 26.4. The van der Waals surface area contributed by atoms with Crippen molar-refractivity contribution in [1.29, 1.82) is 0 Å². The van der Waals surface area contributed by atoms with Crippen LogP contribution in [0.5, 0.6) is 5.75 Å². The van der Waals surface area contributed by atoms with E-state index >= 15 is 0 Å². The van der Waals surface area contributed by atoms with Gasteiger partial charge in [-0.2, -0.15) is 0 Å². The first-order valence-electron chi connectivity index (χ1n) is 10.9. The number of anilines is 2. The average molecular weight is 411 g/mol. The summed E-state index contributed by atoms with van der Waals surface area (Å²) in [5.41, 5.74) is 6.13. The molecule has 0 bridgehead atoms. The van der Waals surface area contributed by atoms with E-state index in [9.17, 15) is 4.79 Å². The Morgan fingerprint density at radius 3 is 2.29 bits per heavy atom. The van der Waals surface area contributed by atoms with E-state index in [-0.39, 0.29) is 17.7 Å². The zero-order chi connectivity index (χ0) is 21.2. The molecule has 1 heterocycles. The van der Waals surface area contributed by atoms with Gasteiger partial charge in [0, 0.05) is 17.7 Å². The van der Waals surface area contributed by atoms with Crippen molar-refractivity contribution in [3.05, 3.63) is 101 Å². The summed E-state index contributed by atoms with van der Waals surface area (Å²) in [5.74, 6) is 1.22. The Bertz CT molecular complexity index is 1120. The fourth-order valence-electron chi connectivity index (χ4n) is 4.63. The van der Waals surface area contributed by atoms with Crippen LogP contribution in [0.15, 0.2) is 90.1 Å². The number of nitrogens with one attached hydrogen (secondary N) is 2. The lowest BCUT2D eigenvalue weighted by molar-refractivity contribution is -0.116. The maximum Gasteiger partial charge on any atom is 0.163 e. The van der Waals surface area contributed by atoms with Gasteiger partial charge in [-0.25, -0.2) is 0 Å². The van der Waals surface area contributed by atoms with Crippen molar-refractivity contribution in [1.82, 2.24) is 0 Å². The fourth-order valence-corrected chi connectivity index (χ4v) is 4.63. The third-order valence-electron chi connectivity index (χ3n) is 6.10. The monoisotopic (exact) mass is 410 g/mol. The van der Waals surface area contributed by atoms with Crippen LogP contribution in [0.1, 0.15) is 42.9 Å². The first-order chi connectivity index (χ1) is 15.2. The number of allylic oxidation sites excluding steroid dienone is 1. The van der Waals surface area contributed by atoms with E-state index in [2.05, 4.69) is 47.0 Å². The lowest BCUT2D eigenvalue weighted by Crippen LogP contribution is -2.26. The quantitative estimate of drug-likeness (QED) is 0.548. The van der Waals surface area contributed by atoms with Crippen LogP contribution in [0.3, 0.4) is 0 Å². The maximum absolute atomic E-state index is 13.5. The highest BCUT2D eigenvalue weighted by Gasteiger charge is 2.35. The molecule has 1 aliphatic heterocycles. The third-order valence-corrected chi connectivity index (χ3v) is 6.10. The summed E-state index contributed by atoms with van der Waals surface area (Å²) in [6.45, 7) is 2.61. The van der Waals surface area contributed by atoms with Crippen LogP contribution in [0.25, 0.3) is 0 Å². The fraction of sp³-hybridized carbons (Fsp3) is 0.222. The minimum atomic E-state index is -0.203. The van der Waals surface area contributed by atoms with Crippen molar-refractivity contribution in [3.63, 3.8) is 0 Å². The number of para-hydroxylation sites is 2. The Labute approximate surface area is 183 Å². The van der Waals surface area contributed by atoms with Gasteiger partial charge < -0.3 is 15.4 Å². The molecule has 0 fully saturated rings. The Balaban J connectivity index is 1.57. The smallest absolute Gasteiger partial charge is 0.163 e. The molecular weight excluding hydrogens is 384 g/mol. The van der Waals surface area contributed by atoms with Crippen LogP contribution in [0.4, 0.5) is 11.4 Å². The predicted octanol–water partition coefficient (Wildman–Crippen LogP) is 6.06. The summed E-state index contributed by atoms with van der Waals surface area (Å²) < 4.78 is 5.61. The zero-order valence-corrected chi connectivity index (χ0v) is 17.6. The standard InChI is InChI=1S/C27H26N2O2/c1-2-31-21-14-12-19(13-15-21)27-26-24(28-22-10-6-7-11-23(22)29-27)16-20(17-25(26)30)18-8-4-3-5-9-18/h3-15,20,27-29H,2,16-17H2,1H3/t20-,27-/m0/s1. The topological polar surface area (TPSA) is 50.4 Å². The van der Waals surface area contributed by atoms with Crippen molar-refractivity contribution in [3.8, 4) is 5.75 Å². The highest BCUT2D eigenvalue weighted by atomic mass is 16.5. The Morgan fingerprint density at radius 2 is 1.55 bits per heavy atom. The lowest BCUT2D eigenvalue weighted by Gasteiger charge is -2.30. The molecular formula is C27H26N2O2. The van der Waals surface area contributed by atoms with Crippen molar-refractivity contribution in [2.24, 2.45) is 0 Å². The van der Waals surface area contributed by atoms with Crippen LogP contribution in [0.2, 0.25) is 0 Å². The number of carbonyl (C=O) groups is 1. The molecule has 5 rings (SSSR count). The summed E-state index contributed by atoms with van der Waals surface area (Å²) in [4.78, 5) is 13.5. The molecule has 2 atom stereocenters. The highest BCUT2D eigenvalue weighted by molar-refractivity contribution is 6.01. The van der Waals surface area contributed by atoms with Gasteiger partial charge in [-0.3, -0.25) is 4.79 Å². The van der Waals surface area contributed by atoms with Crippen LogP contribution >= 0.6 is 0 Å². The van der Waals surface area contributed by atoms with E-state index in [0.29, 0.717) is 13.0 Å². The minimum absolute atomic E-state index is 0.186. The molecule has 0 aromatic heterocycles. The molecule has 156 valence electrons. The number of rotatable bonds is 4. The van der Waals surface area contributed by atoms with Crippen LogP contribution in [0, 0.1) is 0 Å². The number of ketones is 1. The number of ether oxygens (including phenoxy) is 1. The molecule has 3 aromatic carbocycles. The molecule has 0 amide bonds. The minimum Gasteiger partial charge on any atom is -0.494 e. The lowest BCUT2D eigenvalue weighted by atomic mass is 9.78. The van der Waals surface area contributed by atoms with Gasteiger partial charge in [0.05, 0.1) is 24.0 Å². The second-order valence-electron chi connectivity index (χ2n) is 8.08. The molecule has 31 heavy (non-hydrogen) atoms. The molecule has 4 nitrogen and oxygen atoms in total. The number of Topliss-reactive ketones (excluding diaryl/α,β-unsaturated/α-hetero) is 1. The SMILES string of the molecule is CCOc1ccc([C@@H]2Nc3ccccc3NC3=C2C(=O)C[C@@H](c2ccccc2)C3)cc1. The van der Waals surface area contributed by atoms with Crippen LogP contribution in [-0.4, -0.2) is 12.4 Å². The number of benzene rings is 3.